The van der Waals surface area contributed by atoms with Crippen molar-refractivity contribution in [3.05, 3.63) is 47.7 Å². The predicted molar refractivity (Wildman–Crippen MR) is 88.1 cm³/mol. The number of rotatable bonds is 5. The molecule has 0 spiro atoms. The summed E-state index contributed by atoms with van der Waals surface area (Å²) in [4.78, 5) is 13.9. The summed E-state index contributed by atoms with van der Waals surface area (Å²) >= 11 is 0. The second-order valence-corrected chi connectivity index (χ2v) is 6.70. The molecule has 1 aromatic heterocycles. The number of H-pyrrole nitrogens is 1. The zero-order valence-corrected chi connectivity index (χ0v) is 13.4. The molecule has 0 radical (unpaired) electrons. The van der Waals surface area contributed by atoms with Crippen LogP contribution in [0.1, 0.15) is 18.1 Å². The lowest BCUT2D eigenvalue weighted by Gasteiger charge is -2.00. The van der Waals surface area contributed by atoms with Gasteiger partial charge in [0.15, 0.2) is 0 Å². The van der Waals surface area contributed by atoms with Crippen LogP contribution in [0.5, 0.6) is 0 Å². The summed E-state index contributed by atoms with van der Waals surface area (Å²) in [5.74, 6) is -0.659. The Hall–Kier alpha value is -2.61. The van der Waals surface area contributed by atoms with Gasteiger partial charge < -0.3 is 10.3 Å². The van der Waals surface area contributed by atoms with Crippen LogP contribution in [0.2, 0.25) is 0 Å². The van der Waals surface area contributed by atoms with Crippen LogP contribution >= 0.6 is 0 Å². The lowest BCUT2D eigenvalue weighted by molar-refractivity contribution is -0.118. The lowest BCUT2D eigenvalue weighted by atomic mass is 10.1. The van der Waals surface area contributed by atoms with Gasteiger partial charge in [-0.2, -0.15) is 0 Å². The molecule has 0 fully saturated rings. The highest BCUT2D eigenvalue weighted by atomic mass is 32.2. The first kappa shape index (κ1) is 16.8. The average Bonchev–Trinajstić information content (AvgIpc) is 2.80. The zero-order valence-electron chi connectivity index (χ0n) is 12.6. The third-order valence-electron chi connectivity index (χ3n) is 2.91. The predicted octanol–water partition coefficient (Wildman–Crippen LogP) is 1.93. The monoisotopic (exact) mass is 337 g/mol. The molecular formula is C15H16FN3O3S. The van der Waals surface area contributed by atoms with Crippen LogP contribution in [0.25, 0.3) is 23.1 Å². The van der Waals surface area contributed by atoms with Gasteiger partial charge in [-0.05, 0) is 24.3 Å². The number of carbonyl (C=O) groups excluding carboxylic acids is 1. The fraction of sp³-hybridized carbons (Fsp3) is 0.133. The first-order valence-corrected chi connectivity index (χ1v) is 8.53. The molecule has 0 aliphatic rings. The van der Waals surface area contributed by atoms with Crippen LogP contribution in [0.15, 0.2) is 30.7 Å². The molecule has 0 saturated carbocycles. The van der Waals surface area contributed by atoms with Gasteiger partial charge in [0.1, 0.15) is 5.82 Å². The van der Waals surface area contributed by atoms with Crippen LogP contribution < -0.4 is 10.0 Å². The third-order valence-corrected chi connectivity index (χ3v) is 3.48. The number of halogens is 1. The summed E-state index contributed by atoms with van der Waals surface area (Å²) in [6.07, 6.45) is 8.50. The van der Waals surface area contributed by atoms with Gasteiger partial charge >= 0.3 is 0 Å². The van der Waals surface area contributed by atoms with E-state index in [4.69, 9.17) is 0 Å². The number of fused-ring (bicyclic) bond motifs is 1. The number of hydrogen-bond acceptors (Lipinski definition) is 3. The SMILES string of the molecule is CC(=O)N/C=C/c1c[nH]c2c(/C=C/NS(C)(=O)=O)cc(F)cc12. The topological polar surface area (TPSA) is 91.1 Å². The first-order chi connectivity index (χ1) is 10.8. The van der Waals surface area contributed by atoms with E-state index < -0.39 is 15.8 Å². The molecule has 0 atom stereocenters. The Labute approximate surface area is 133 Å². The summed E-state index contributed by atoms with van der Waals surface area (Å²) in [5, 5.41) is 3.13. The molecule has 0 saturated heterocycles. The molecular weight excluding hydrogens is 321 g/mol. The largest absolute Gasteiger partial charge is 0.360 e. The van der Waals surface area contributed by atoms with E-state index in [9.17, 15) is 17.6 Å². The number of aromatic amines is 1. The molecule has 0 unspecified atom stereocenters. The maximum absolute atomic E-state index is 13.8. The molecule has 0 bridgehead atoms. The molecule has 0 aliphatic carbocycles. The molecule has 1 amide bonds. The number of sulfonamides is 1. The standard InChI is InChI=1S/C15H16FN3O3S/c1-10(20)17-5-3-12-9-18-15-11(4-6-19-23(2,21)22)7-13(16)8-14(12)15/h3-9,18-19H,1-2H3,(H,17,20)/b5-3+,6-4+. The highest BCUT2D eigenvalue weighted by Gasteiger charge is 2.07. The fourth-order valence-electron chi connectivity index (χ4n) is 2.01. The van der Waals surface area contributed by atoms with Crippen molar-refractivity contribution < 1.29 is 17.6 Å². The van der Waals surface area contributed by atoms with E-state index in [1.165, 1.54) is 37.5 Å². The number of nitrogens with one attached hydrogen (secondary N) is 3. The molecule has 0 aliphatic heterocycles. The van der Waals surface area contributed by atoms with Crippen molar-refractivity contribution in [3.63, 3.8) is 0 Å². The van der Waals surface area contributed by atoms with Gasteiger partial charge in [-0.15, -0.1) is 0 Å². The molecule has 3 N–H and O–H groups in total. The van der Waals surface area contributed by atoms with Gasteiger partial charge in [0.05, 0.1) is 11.8 Å². The summed E-state index contributed by atoms with van der Waals surface area (Å²) in [6, 6.07) is 2.65. The Kier molecular flexibility index (Phi) is 4.85. The molecule has 23 heavy (non-hydrogen) atoms. The number of carbonyl (C=O) groups is 1. The Morgan fingerprint density at radius 3 is 2.57 bits per heavy atom. The summed E-state index contributed by atoms with van der Waals surface area (Å²) in [6.45, 7) is 1.39. The minimum Gasteiger partial charge on any atom is -0.360 e. The molecule has 2 rings (SSSR count). The normalized spacial score (nSPS) is 12.3. The molecule has 1 heterocycles. The second kappa shape index (κ2) is 6.66. The first-order valence-electron chi connectivity index (χ1n) is 6.64. The summed E-state index contributed by atoms with van der Waals surface area (Å²) in [5.41, 5.74) is 1.84. The van der Waals surface area contributed by atoms with Crippen LogP contribution in [0.3, 0.4) is 0 Å². The molecule has 6 nitrogen and oxygen atoms in total. The number of aromatic nitrogens is 1. The van der Waals surface area contributed by atoms with Crippen LogP contribution in [-0.2, 0) is 14.8 Å². The van der Waals surface area contributed by atoms with E-state index >= 15 is 0 Å². The van der Waals surface area contributed by atoms with Gasteiger partial charge in [-0.25, -0.2) is 12.8 Å². The van der Waals surface area contributed by atoms with Gasteiger partial charge in [0.2, 0.25) is 15.9 Å². The van der Waals surface area contributed by atoms with Crippen molar-refractivity contribution in [2.75, 3.05) is 6.26 Å². The smallest absolute Gasteiger partial charge is 0.229 e. The molecule has 122 valence electrons. The van der Waals surface area contributed by atoms with E-state index in [1.807, 2.05) is 0 Å². The van der Waals surface area contributed by atoms with E-state index in [-0.39, 0.29) is 5.91 Å². The lowest BCUT2D eigenvalue weighted by Crippen LogP contribution is -2.14. The van der Waals surface area contributed by atoms with E-state index in [0.29, 0.717) is 22.0 Å². The summed E-state index contributed by atoms with van der Waals surface area (Å²) < 4.78 is 38.1. The highest BCUT2D eigenvalue weighted by molar-refractivity contribution is 7.88. The van der Waals surface area contributed by atoms with Crippen molar-refractivity contribution in [3.8, 4) is 0 Å². The average molecular weight is 337 g/mol. The molecule has 1 aromatic carbocycles. The summed E-state index contributed by atoms with van der Waals surface area (Å²) in [7, 11) is -3.36. The van der Waals surface area contributed by atoms with E-state index in [2.05, 4.69) is 15.0 Å². The van der Waals surface area contributed by atoms with E-state index in [0.717, 1.165) is 6.26 Å². The van der Waals surface area contributed by atoms with Gasteiger partial charge in [0, 0.05) is 42.0 Å². The number of benzene rings is 1. The maximum atomic E-state index is 13.8. The van der Waals surface area contributed by atoms with Crippen molar-refractivity contribution in [1.82, 2.24) is 15.0 Å². The van der Waals surface area contributed by atoms with Crippen molar-refractivity contribution in [2.45, 2.75) is 6.92 Å². The minimum atomic E-state index is -3.36. The van der Waals surface area contributed by atoms with Crippen molar-refractivity contribution in [2.24, 2.45) is 0 Å². The Balaban J connectivity index is 2.38. The van der Waals surface area contributed by atoms with Crippen molar-refractivity contribution >= 4 is 39.0 Å². The maximum Gasteiger partial charge on any atom is 0.229 e. The Morgan fingerprint density at radius 2 is 1.91 bits per heavy atom. The van der Waals surface area contributed by atoms with Gasteiger partial charge in [-0.3, -0.25) is 9.52 Å². The van der Waals surface area contributed by atoms with Crippen LogP contribution in [0.4, 0.5) is 4.39 Å². The minimum absolute atomic E-state index is 0.206. The van der Waals surface area contributed by atoms with E-state index in [1.54, 1.807) is 12.3 Å². The third kappa shape index (κ3) is 4.68. The number of hydrogen-bond donors (Lipinski definition) is 3. The zero-order chi connectivity index (χ0) is 17.0. The Bertz CT molecular complexity index is 898. The Morgan fingerprint density at radius 1 is 1.22 bits per heavy atom. The van der Waals surface area contributed by atoms with Crippen LogP contribution in [0, 0.1) is 5.82 Å². The second-order valence-electron chi connectivity index (χ2n) is 4.92. The quantitative estimate of drug-likeness (QED) is 0.778. The molecule has 8 heteroatoms. The van der Waals surface area contributed by atoms with Gasteiger partial charge in [-0.1, -0.05) is 0 Å². The highest BCUT2D eigenvalue weighted by Crippen LogP contribution is 2.25. The fourth-order valence-corrected chi connectivity index (χ4v) is 2.33. The van der Waals surface area contributed by atoms with Crippen molar-refractivity contribution in [1.29, 1.82) is 0 Å². The van der Waals surface area contributed by atoms with Crippen LogP contribution in [-0.4, -0.2) is 25.6 Å². The molecule has 2 aromatic rings. The van der Waals surface area contributed by atoms with Gasteiger partial charge in [0.25, 0.3) is 0 Å². The number of amides is 1.